The van der Waals surface area contributed by atoms with Crippen LogP contribution < -0.4 is 0 Å². The summed E-state index contributed by atoms with van der Waals surface area (Å²) in [6.07, 6.45) is 12.6. The van der Waals surface area contributed by atoms with Crippen molar-refractivity contribution < 1.29 is 14.7 Å². The van der Waals surface area contributed by atoms with Crippen molar-refractivity contribution in [3.05, 3.63) is 35.9 Å². The molecule has 0 unspecified atom stereocenters. The molecule has 4 nitrogen and oxygen atoms in total. The van der Waals surface area contributed by atoms with Gasteiger partial charge in [0.1, 0.15) is 0 Å². The Bertz CT molecular complexity index is 572. The van der Waals surface area contributed by atoms with Crippen molar-refractivity contribution in [1.29, 1.82) is 0 Å². The van der Waals surface area contributed by atoms with Crippen LogP contribution in [0.25, 0.3) is 0 Å². The summed E-state index contributed by atoms with van der Waals surface area (Å²) in [6.45, 7) is 2.91. The minimum Gasteiger partial charge on any atom is -0.481 e. The third kappa shape index (κ3) is 6.67. The zero-order valence-electron chi connectivity index (χ0n) is 16.7. The second-order valence-electron chi connectivity index (χ2n) is 7.77. The van der Waals surface area contributed by atoms with Gasteiger partial charge in [0, 0.05) is 13.0 Å². The molecule has 27 heavy (non-hydrogen) atoms. The van der Waals surface area contributed by atoms with E-state index in [-0.39, 0.29) is 18.4 Å². The molecule has 0 bridgehead atoms. The zero-order valence-corrected chi connectivity index (χ0v) is 16.7. The maximum Gasteiger partial charge on any atom is 0.309 e. The van der Waals surface area contributed by atoms with Gasteiger partial charge in [-0.25, -0.2) is 0 Å². The number of benzene rings is 1. The van der Waals surface area contributed by atoms with Crippen LogP contribution in [0.15, 0.2) is 30.3 Å². The van der Waals surface area contributed by atoms with Gasteiger partial charge >= 0.3 is 5.97 Å². The van der Waals surface area contributed by atoms with Crippen molar-refractivity contribution in [3.8, 4) is 0 Å². The molecule has 1 aromatic rings. The lowest BCUT2D eigenvalue weighted by Crippen LogP contribution is -2.31. The molecule has 1 amide bonds. The van der Waals surface area contributed by atoms with E-state index in [1.54, 1.807) is 4.90 Å². The average molecular weight is 374 g/mol. The van der Waals surface area contributed by atoms with Crippen LogP contribution in [0.1, 0.15) is 89.2 Å². The lowest BCUT2D eigenvalue weighted by molar-refractivity contribution is -0.142. The number of hydrogen-bond donors (Lipinski definition) is 1. The van der Waals surface area contributed by atoms with Gasteiger partial charge in [-0.2, -0.15) is 0 Å². The van der Waals surface area contributed by atoms with Crippen LogP contribution in [-0.4, -0.2) is 28.4 Å². The number of carbonyl (C=O) groups is 2. The highest BCUT2D eigenvalue weighted by Gasteiger charge is 2.44. The summed E-state index contributed by atoms with van der Waals surface area (Å²) < 4.78 is 0. The summed E-state index contributed by atoms with van der Waals surface area (Å²) in [6, 6.07) is 9.29. The number of nitrogens with zero attached hydrogens (tertiary/aromatic N) is 1. The minimum absolute atomic E-state index is 0.0211. The molecule has 150 valence electrons. The summed E-state index contributed by atoms with van der Waals surface area (Å²) in [5, 5.41) is 9.55. The Morgan fingerprint density at radius 2 is 1.52 bits per heavy atom. The molecule has 1 aliphatic rings. The molecule has 0 radical (unpaired) electrons. The molecule has 1 N–H and O–H groups in total. The molecule has 1 aromatic carbocycles. The van der Waals surface area contributed by atoms with Gasteiger partial charge in [-0.05, 0) is 12.0 Å². The standard InChI is InChI=1S/C23H35NO3/c1-2-3-4-5-6-7-8-9-10-14-17-24-21(25)18-20(23(26)27)22(24)19-15-12-11-13-16-19/h11-13,15-16,20,22H,2-10,14,17-18H2,1H3,(H,26,27)/t20-,22-/m0/s1. The highest BCUT2D eigenvalue weighted by molar-refractivity contribution is 5.87. The summed E-state index contributed by atoms with van der Waals surface area (Å²) >= 11 is 0. The van der Waals surface area contributed by atoms with Crippen LogP contribution in [-0.2, 0) is 9.59 Å². The maximum absolute atomic E-state index is 12.4. The first-order chi connectivity index (χ1) is 13.1. The number of amides is 1. The number of carboxylic acid groups (broad SMARTS) is 1. The Kier molecular flexibility index (Phi) is 9.37. The number of likely N-dealkylation sites (tertiary alicyclic amines) is 1. The number of rotatable bonds is 13. The largest absolute Gasteiger partial charge is 0.481 e. The van der Waals surface area contributed by atoms with Gasteiger partial charge in [-0.1, -0.05) is 95.0 Å². The minimum atomic E-state index is -0.872. The number of carboxylic acids is 1. The molecule has 0 aromatic heterocycles. The van der Waals surface area contributed by atoms with E-state index in [0.29, 0.717) is 6.54 Å². The van der Waals surface area contributed by atoms with Crippen molar-refractivity contribution in [2.75, 3.05) is 6.54 Å². The van der Waals surface area contributed by atoms with E-state index in [1.165, 1.54) is 51.4 Å². The predicted molar refractivity (Wildman–Crippen MR) is 108 cm³/mol. The van der Waals surface area contributed by atoms with E-state index < -0.39 is 11.9 Å². The van der Waals surface area contributed by atoms with Gasteiger partial charge in [-0.15, -0.1) is 0 Å². The van der Waals surface area contributed by atoms with E-state index in [4.69, 9.17) is 0 Å². The van der Waals surface area contributed by atoms with E-state index in [0.717, 1.165) is 18.4 Å². The van der Waals surface area contributed by atoms with Crippen LogP contribution >= 0.6 is 0 Å². The van der Waals surface area contributed by atoms with Crippen LogP contribution in [0.3, 0.4) is 0 Å². The predicted octanol–water partition coefficient (Wildman–Crippen LogP) is 5.58. The Hall–Kier alpha value is -1.84. The summed E-state index contributed by atoms with van der Waals surface area (Å²) in [5.74, 6) is -1.53. The van der Waals surface area contributed by atoms with E-state index in [1.807, 2.05) is 30.3 Å². The first-order valence-electron chi connectivity index (χ1n) is 10.7. The smallest absolute Gasteiger partial charge is 0.309 e. The molecule has 2 rings (SSSR count). The molecule has 0 spiro atoms. The third-order valence-electron chi connectivity index (χ3n) is 5.64. The summed E-state index contributed by atoms with van der Waals surface area (Å²) in [4.78, 5) is 25.9. The van der Waals surface area contributed by atoms with Crippen LogP contribution in [0.5, 0.6) is 0 Å². The van der Waals surface area contributed by atoms with Gasteiger partial charge in [0.2, 0.25) is 5.91 Å². The SMILES string of the molecule is CCCCCCCCCCCCN1C(=O)C[C@H](C(=O)O)[C@@H]1c1ccccc1. The molecule has 0 saturated carbocycles. The quantitative estimate of drug-likeness (QED) is 0.459. The van der Waals surface area contributed by atoms with Gasteiger partial charge in [0.05, 0.1) is 12.0 Å². The molecule has 4 heteroatoms. The Morgan fingerprint density at radius 3 is 2.07 bits per heavy atom. The highest BCUT2D eigenvalue weighted by atomic mass is 16.4. The average Bonchev–Trinajstić information content (AvgIpc) is 3.01. The van der Waals surface area contributed by atoms with E-state index in [2.05, 4.69) is 6.92 Å². The first-order valence-corrected chi connectivity index (χ1v) is 10.7. The second kappa shape index (κ2) is 11.8. The molecule has 1 fully saturated rings. The number of unbranched alkanes of at least 4 members (excludes halogenated alkanes) is 9. The van der Waals surface area contributed by atoms with E-state index in [9.17, 15) is 14.7 Å². The molecular weight excluding hydrogens is 338 g/mol. The molecule has 1 aliphatic heterocycles. The summed E-state index contributed by atoms with van der Waals surface area (Å²) in [5.41, 5.74) is 0.933. The van der Waals surface area contributed by atoms with Crippen molar-refractivity contribution in [2.24, 2.45) is 5.92 Å². The molecular formula is C23H35NO3. The molecule has 0 aliphatic carbocycles. The Labute approximate surface area is 164 Å². The van der Waals surface area contributed by atoms with Crippen molar-refractivity contribution in [1.82, 2.24) is 4.90 Å². The zero-order chi connectivity index (χ0) is 19.5. The number of aliphatic carboxylic acids is 1. The van der Waals surface area contributed by atoms with Gasteiger partial charge in [-0.3, -0.25) is 9.59 Å². The molecule has 1 saturated heterocycles. The van der Waals surface area contributed by atoms with Gasteiger partial charge in [0.15, 0.2) is 0 Å². The highest BCUT2D eigenvalue weighted by Crippen LogP contribution is 2.38. The lowest BCUT2D eigenvalue weighted by atomic mass is 9.93. The normalized spacial score (nSPS) is 19.6. The fourth-order valence-corrected chi connectivity index (χ4v) is 4.11. The van der Waals surface area contributed by atoms with E-state index >= 15 is 0 Å². The maximum atomic E-state index is 12.4. The molecule has 1 heterocycles. The summed E-state index contributed by atoms with van der Waals surface area (Å²) in [7, 11) is 0. The first kappa shape index (κ1) is 21.5. The van der Waals surface area contributed by atoms with Crippen molar-refractivity contribution in [3.63, 3.8) is 0 Å². The van der Waals surface area contributed by atoms with Crippen molar-refractivity contribution >= 4 is 11.9 Å². The number of hydrogen-bond acceptors (Lipinski definition) is 2. The Morgan fingerprint density at radius 1 is 0.963 bits per heavy atom. The third-order valence-corrected chi connectivity index (χ3v) is 5.64. The van der Waals surface area contributed by atoms with Crippen LogP contribution in [0.4, 0.5) is 0 Å². The fraction of sp³-hybridized carbons (Fsp3) is 0.652. The monoisotopic (exact) mass is 373 g/mol. The number of carbonyl (C=O) groups excluding carboxylic acids is 1. The van der Waals surface area contributed by atoms with Crippen molar-refractivity contribution in [2.45, 2.75) is 83.6 Å². The van der Waals surface area contributed by atoms with Crippen LogP contribution in [0.2, 0.25) is 0 Å². The lowest BCUT2D eigenvalue weighted by Gasteiger charge is -2.27. The fourth-order valence-electron chi connectivity index (χ4n) is 4.11. The van der Waals surface area contributed by atoms with Gasteiger partial charge in [0.25, 0.3) is 0 Å². The second-order valence-corrected chi connectivity index (χ2v) is 7.77. The topological polar surface area (TPSA) is 57.6 Å². The molecule has 2 atom stereocenters. The van der Waals surface area contributed by atoms with Gasteiger partial charge < -0.3 is 10.0 Å². The van der Waals surface area contributed by atoms with Crippen LogP contribution in [0, 0.1) is 5.92 Å². The Balaban J connectivity index is 1.75.